The number of benzene rings is 1. The quantitative estimate of drug-likeness (QED) is 0.218. The van der Waals surface area contributed by atoms with E-state index in [4.69, 9.17) is 10.3 Å². The van der Waals surface area contributed by atoms with Crippen LogP contribution in [0.3, 0.4) is 0 Å². The number of nitrogen functional groups attached to an aromatic ring is 1. The van der Waals surface area contributed by atoms with Gasteiger partial charge in [-0.2, -0.15) is 8.42 Å². The Kier molecular flexibility index (Phi) is 6.89. The van der Waals surface area contributed by atoms with Crippen molar-refractivity contribution in [3.8, 4) is 0 Å². The van der Waals surface area contributed by atoms with Gasteiger partial charge in [0.1, 0.15) is 5.82 Å². The number of amides is 1. The number of nitrogens with zero attached hydrogens (tertiary/aromatic N) is 1. The number of carbonyl (C=O) groups excluding carboxylic acids is 2. The van der Waals surface area contributed by atoms with Gasteiger partial charge in [0.2, 0.25) is 0 Å². The van der Waals surface area contributed by atoms with Gasteiger partial charge in [0, 0.05) is 12.2 Å². The summed E-state index contributed by atoms with van der Waals surface area (Å²) in [4.78, 5) is 28.9. The molecule has 0 atom stereocenters. The molecule has 0 spiro atoms. The molecule has 1 aromatic heterocycles. The maximum Gasteiger partial charge on any atom is 0.294 e. The van der Waals surface area contributed by atoms with Crippen LogP contribution in [0.1, 0.15) is 25.1 Å². The van der Waals surface area contributed by atoms with Crippen LogP contribution in [0, 0.1) is 0 Å². The minimum Gasteiger partial charge on any atom is -0.375 e. The van der Waals surface area contributed by atoms with Crippen molar-refractivity contribution in [2.75, 3.05) is 22.9 Å². The first kappa shape index (κ1) is 21.5. The Hall–Kier alpha value is -2.76. The Morgan fingerprint density at radius 2 is 1.93 bits per heavy atom. The van der Waals surface area contributed by atoms with E-state index >= 15 is 0 Å². The van der Waals surface area contributed by atoms with Gasteiger partial charge in [0.05, 0.1) is 15.3 Å². The molecule has 2 aromatic rings. The van der Waals surface area contributed by atoms with Crippen molar-refractivity contribution in [3.05, 3.63) is 34.7 Å². The molecule has 0 radical (unpaired) electrons. The fourth-order valence-corrected chi connectivity index (χ4v) is 3.42. The number of Topliss-reactive ketones (excluding diaryl/α,β-unsaturated/α-hetero) is 1. The summed E-state index contributed by atoms with van der Waals surface area (Å²) >= 11 is 1.14. The molecule has 1 amide bonds. The number of hydrogen-bond donors (Lipinski definition) is 4. The van der Waals surface area contributed by atoms with Crippen molar-refractivity contribution >= 4 is 55.9 Å². The van der Waals surface area contributed by atoms with Crippen LogP contribution in [-0.2, 0) is 19.7 Å². The zero-order valence-electron chi connectivity index (χ0n) is 15.2. The molecule has 1 aromatic carbocycles. The Morgan fingerprint density at radius 3 is 2.46 bits per heavy atom. The van der Waals surface area contributed by atoms with Gasteiger partial charge < -0.3 is 16.4 Å². The lowest BCUT2D eigenvalue weighted by atomic mass is 10.1. The van der Waals surface area contributed by atoms with E-state index in [1.807, 2.05) is 6.92 Å². The summed E-state index contributed by atoms with van der Waals surface area (Å²) in [6.07, 6.45) is 2.27. The molecule has 1 heterocycles. The Labute approximate surface area is 166 Å². The first-order valence-electron chi connectivity index (χ1n) is 8.23. The molecule has 11 heteroatoms. The Morgan fingerprint density at radius 1 is 1.29 bits per heavy atom. The average molecular weight is 425 g/mol. The molecule has 0 aliphatic heterocycles. The van der Waals surface area contributed by atoms with Gasteiger partial charge in [0.15, 0.2) is 10.9 Å². The maximum atomic E-state index is 12.5. The number of ketones is 1. The van der Waals surface area contributed by atoms with Gasteiger partial charge in [-0.15, -0.1) is 0 Å². The molecule has 0 fully saturated rings. The van der Waals surface area contributed by atoms with E-state index in [-0.39, 0.29) is 16.2 Å². The monoisotopic (exact) mass is 424 g/mol. The fourth-order valence-electron chi connectivity index (χ4n) is 2.18. The van der Waals surface area contributed by atoms with Crippen LogP contribution in [0.4, 0.5) is 16.6 Å². The molecule has 0 saturated heterocycles. The highest BCUT2D eigenvalue weighted by Gasteiger charge is 2.18. The Balaban J connectivity index is 2.28. The van der Waals surface area contributed by atoms with Gasteiger partial charge in [0.25, 0.3) is 16.0 Å². The topological polar surface area (TPSA) is 151 Å². The highest BCUT2D eigenvalue weighted by atomic mass is 32.2. The molecule has 0 saturated carbocycles. The molecule has 150 valence electrons. The van der Waals surface area contributed by atoms with Crippen LogP contribution in [0.5, 0.6) is 0 Å². The van der Waals surface area contributed by atoms with Gasteiger partial charge in [-0.05, 0) is 43.7 Å². The van der Waals surface area contributed by atoms with E-state index in [1.54, 1.807) is 0 Å². The predicted octanol–water partition coefficient (Wildman–Crippen LogP) is 2.41. The first-order valence-corrected chi connectivity index (χ1v) is 10.5. The number of anilines is 3. The highest BCUT2D eigenvalue weighted by Crippen LogP contribution is 2.28. The minimum atomic E-state index is -4.33. The summed E-state index contributed by atoms with van der Waals surface area (Å²) in [6, 6.07) is 4.88. The molecule has 0 bridgehead atoms. The molecule has 0 unspecified atom stereocenters. The molecular weight excluding hydrogens is 404 g/mol. The normalized spacial score (nSPS) is 11.9. The maximum absolute atomic E-state index is 12.5. The van der Waals surface area contributed by atoms with Gasteiger partial charge in [-0.1, -0.05) is 18.3 Å². The Bertz CT molecular complexity index is 1010. The summed E-state index contributed by atoms with van der Waals surface area (Å²) < 4.78 is 31.1. The summed E-state index contributed by atoms with van der Waals surface area (Å²) in [7, 11) is -4.33. The lowest BCUT2D eigenvalue weighted by Gasteiger charge is -2.08. The number of hydrogen-bond acceptors (Lipinski definition) is 8. The van der Waals surface area contributed by atoms with Gasteiger partial charge in [-0.3, -0.25) is 14.1 Å². The minimum absolute atomic E-state index is 0.109. The summed E-state index contributed by atoms with van der Waals surface area (Å²) in [5, 5.41) is 5.91. The lowest BCUT2D eigenvalue weighted by molar-refractivity contribution is -0.118. The van der Waals surface area contributed by atoms with E-state index in [0.717, 1.165) is 29.9 Å². The third-order valence-electron chi connectivity index (χ3n) is 3.52. The van der Waals surface area contributed by atoms with Gasteiger partial charge >= 0.3 is 0 Å². The van der Waals surface area contributed by atoms with E-state index < -0.39 is 21.8 Å². The van der Waals surface area contributed by atoms with Crippen molar-refractivity contribution in [1.82, 2.24) is 4.98 Å². The van der Waals surface area contributed by atoms with Crippen LogP contribution < -0.4 is 16.4 Å². The molecule has 28 heavy (non-hydrogen) atoms. The van der Waals surface area contributed by atoms with Crippen molar-refractivity contribution in [3.63, 3.8) is 0 Å². The zero-order chi connectivity index (χ0) is 20.9. The van der Waals surface area contributed by atoms with E-state index in [1.165, 1.54) is 25.1 Å². The van der Waals surface area contributed by atoms with Crippen molar-refractivity contribution in [1.29, 1.82) is 0 Å². The number of nitrogens with two attached hydrogens (primary N) is 1. The van der Waals surface area contributed by atoms with Crippen LogP contribution in [0.15, 0.2) is 34.7 Å². The second-order valence-corrected chi connectivity index (χ2v) is 8.24. The zero-order valence-corrected chi connectivity index (χ0v) is 16.9. The lowest BCUT2D eigenvalue weighted by Crippen LogP contribution is -2.19. The predicted molar refractivity (Wildman–Crippen MR) is 109 cm³/mol. The number of carbonyl (C=O) groups is 2. The van der Waals surface area contributed by atoms with Crippen molar-refractivity contribution < 1.29 is 22.6 Å². The van der Waals surface area contributed by atoms with Crippen LogP contribution >= 0.6 is 11.3 Å². The first-order chi connectivity index (χ1) is 13.1. The largest absolute Gasteiger partial charge is 0.375 e. The standard InChI is InChI=1S/C17H20N4O5S2/c1-3-8-19-15-14(27-17(18)21-15)9-13(10(2)22)16(23)20-11-4-6-12(7-5-11)28(24,25)26/h4-7,9,19H,3,8H2,1-2H3,(H2,18,21)(H,20,23)(H,24,25,26). The van der Waals surface area contributed by atoms with E-state index in [9.17, 15) is 18.0 Å². The highest BCUT2D eigenvalue weighted by molar-refractivity contribution is 7.85. The van der Waals surface area contributed by atoms with E-state index in [2.05, 4.69) is 15.6 Å². The summed E-state index contributed by atoms with van der Waals surface area (Å²) in [6.45, 7) is 3.90. The number of nitrogens with one attached hydrogen (secondary N) is 2. The number of rotatable bonds is 8. The molecule has 2 rings (SSSR count). The molecule has 9 nitrogen and oxygen atoms in total. The van der Waals surface area contributed by atoms with Crippen LogP contribution in [0.25, 0.3) is 6.08 Å². The average Bonchev–Trinajstić information content (AvgIpc) is 2.96. The molecule has 0 aliphatic rings. The number of aromatic nitrogens is 1. The summed E-state index contributed by atoms with van der Waals surface area (Å²) in [5.74, 6) is -0.630. The van der Waals surface area contributed by atoms with Crippen molar-refractivity contribution in [2.45, 2.75) is 25.2 Å². The molecule has 5 N–H and O–H groups in total. The third-order valence-corrected chi connectivity index (χ3v) is 5.22. The summed E-state index contributed by atoms with van der Waals surface area (Å²) in [5.41, 5.74) is 5.89. The van der Waals surface area contributed by atoms with Crippen LogP contribution in [-0.4, -0.2) is 36.2 Å². The fraction of sp³-hybridized carbons (Fsp3) is 0.235. The third kappa shape index (κ3) is 5.62. The van der Waals surface area contributed by atoms with Gasteiger partial charge in [-0.25, -0.2) is 4.98 Å². The number of thiazole rings is 1. The van der Waals surface area contributed by atoms with E-state index in [0.29, 0.717) is 22.4 Å². The second-order valence-electron chi connectivity index (χ2n) is 5.76. The molecule has 0 aliphatic carbocycles. The molecular formula is C17H20N4O5S2. The SMILES string of the molecule is CCCNc1nc(N)sc1C=C(C(C)=O)C(=O)Nc1ccc(S(=O)(=O)O)cc1. The van der Waals surface area contributed by atoms with Crippen LogP contribution in [0.2, 0.25) is 0 Å². The second kappa shape index (κ2) is 8.95. The van der Waals surface area contributed by atoms with Crippen molar-refractivity contribution in [2.24, 2.45) is 0 Å². The smallest absolute Gasteiger partial charge is 0.294 e.